The predicted molar refractivity (Wildman–Crippen MR) is 74.1 cm³/mol. The van der Waals surface area contributed by atoms with Crippen LogP contribution in [-0.4, -0.2) is 47.8 Å². The molecule has 116 valence electrons. The first-order valence-electron chi connectivity index (χ1n) is 7.07. The van der Waals surface area contributed by atoms with Crippen LogP contribution in [0.25, 0.3) is 0 Å². The smallest absolute Gasteiger partial charge is 0.409 e. The third-order valence-electron chi connectivity index (χ3n) is 3.46. The molecule has 21 heavy (non-hydrogen) atoms. The van der Waals surface area contributed by atoms with Gasteiger partial charge in [-0.2, -0.15) is 0 Å². The Balaban J connectivity index is 1.73. The van der Waals surface area contributed by atoms with Gasteiger partial charge in [-0.15, -0.1) is 0 Å². The lowest BCUT2D eigenvalue weighted by Gasteiger charge is -2.31. The first kappa shape index (κ1) is 15.4. The summed E-state index contributed by atoms with van der Waals surface area (Å²) >= 11 is 0. The Hall–Kier alpha value is -2.02. The van der Waals surface area contributed by atoms with Crippen LogP contribution in [0.2, 0.25) is 0 Å². The minimum absolute atomic E-state index is 0.0519. The van der Waals surface area contributed by atoms with Crippen LogP contribution in [-0.2, 0) is 11.3 Å². The number of nitrogens with zero attached hydrogens (tertiary/aromatic N) is 1. The van der Waals surface area contributed by atoms with Gasteiger partial charge in [0.15, 0.2) is 0 Å². The van der Waals surface area contributed by atoms with Gasteiger partial charge in [0.2, 0.25) is 5.76 Å². The van der Waals surface area contributed by atoms with Crippen LogP contribution in [0.1, 0.15) is 36.1 Å². The van der Waals surface area contributed by atoms with Crippen molar-refractivity contribution in [3.05, 3.63) is 23.7 Å². The summed E-state index contributed by atoms with van der Waals surface area (Å²) in [7, 11) is 0. The maximum absolute atomic E-state index is 11.6. The molecule has 2 N–H and O–H groups in total. The fraction of sp³-hybridized carbons (Fsp3) is 0.571. The third kappa shape index (κ3) is 4.22. The fourth-order valence-corrected chi connectivity index (χ4v) is 2.31. The minimum Gasteiger partial charge on any atom is -0.475 e. The van der Waals surface area contributed by atoms with Crippen molar-refractivity contribution in [1.29, 1.82) is 0 Å². The second-order valence-electron chi connectivity index (χ2n) is 4.91. The van der Waals surface area contributed by atoms with Crippen molar-refractivity contribution in [2.24, 2.45) is 0 Å². The number of carbonyl (C=O) groups excluding carboxylic acids is 1. The molecule has 1 saturated heterocycles. The first-order valence-corrected chi connectivity index (χ1v) is 7.07. The van der Waals surface area contributed by atoms with E-state index < -0.39 is 5.97 Å². The van der Waals surface area contributed by atoms with Crippen molar-refractivity contribution >= 4 is 12.1 Å². The molecule has 1 aromatic heterocycles. The summed E-state index contributed by atoms with van der Waals surface area (Å²) in [5, 5.41) is 12.1. The number of ether oxygens (including phenoxy) is 1. The molecular weight excluding hydrogens is 276 g/mol. The summed E-state index contributed by atoms with van der Waals surface area (Å²) in [6, 6.07) is 3.39. The highest BCUT2D eigenvalue weighted by Crippen LogP contribution is 2.13. The molecule has 0 atom stereocenters. The highest BCUT2D eigenvalue weighted by atomic mass is 16.6. The minimum atomic E-state index is -1.07. The molecule has 1 fully saturated rings. The summed E-state index contributed by atoms with van der Waals surface area (Å²) in [4.78, 5) is 24.0. The number of furan rings is 1. The first-order chi connectivity index (χ1) is 10.1. The fourth-order valence-electron chi connectivity index (χ4n) is 2.31. The van der Waals surface area contributed by atoms with Gasteiger partial charge >= 0.3 is 12.1 Å². The number of rotatable bonds is 5. The van der Waals surface area contributed by atoms with Crippen LogP contribution in [0.3, 0.4) is 0 Å². The summed E-state index contributed by atoms with van der Waals surface area (Å²) in [5.41, 5.74) is 0. The van der Waals surface area contributed by atoms with Crippen molar-refractivity contribution in [2.75, 3.05) is 19.7 Å². The van der Waals surface area contributed by atoms with Crippen LogP contribution < -0.4 is 5.32 Å². The van der Waals surface area contributed by atoms with E-state index in [0.717, 1.165) is 12.8 Å². The van der Waals surface area contributed by atoms with Crippen molar-refractivity contribution in [2.45, 2.75) is 32.4 Å². The highest BCUT2D eigenvalue weighted by Gasteiger charge is 2.23. The second kappa shape index (κ2) is 7.12. The lowest BCUT2D eigenvalue weighted by Crippen LogP contribution is -2.44. The number of hydrogen-bond acceptors (Lipinski definition) is 5. The van der Waals surface area contributed by atoms with E-state index in [9.17, 15) is 9.59 Å². The topological polar surface area (TPSA) is 92.0 Å². The SMILES string of the molecule is CCOC(=O)N1CCC(NCc2ccc(C(=O)O)o2)CC1. The van der Waals surface area contributed by atoms with E-state index in [4.69, 9.17) is 14.3 Å². The van der Waals surface area contributed by atoms with Gasteiger partial charge in [0.05, 0.1) is 13.2 Å². The molecule has 0 bridgehead atoms. The average molecular weight is 296 g/mol. The Morgan fingerprint density at radius 2 is 2.14 bits per heavy atom. The number of carboxylic acid groups (broad SMARTS) is 1. The van der Waals surface area contributed by atoms with E-state index in [0.29, 0.717) is 32.0 Å². The van der Waals surface area contributed by atoms with Crippen LogP contribution >= 0.6 is 0 Å². The van der Waals surface area contributed by atoms with Gasteiger partial charge in [-0.3, -0.25) is 0 Å². The lowest BCUT2D eigenvalue weighted by atomic mass is 10.1. The van der Waals surface area contributed by atoms with Crippen LogP contribution in [0.4, 0.5) is 4.79 Å². The molecule has 1 aliphatic rings. The Labute approximate surface area is 122 Å². The standard InChI is InChI=1S/C14H20N2O5/c1-2-20-14(19)16-7-5-10(6-8-16)15-9-11-3-4-12(21-11)13(17)18/h3-4,10,15H,2,5-9H2,1H3,(H,17,18). The Morgan fingerprint density at radius 3 is 2.71 bits per heavy atom. The van der Waals surface area contributed by atoms with E-state index in [1.807, 2.05) is 0 Å². The number of hydrogen-bond donors (Lipinski definition) is 2. The Kier molecular flexibility index (Phi) is 5.21. The second-order valence-corrected chi connectivity index (χ2v) is 4.91. The molecule has 7 heteroatoms. The van der Waals surface area contributed by atoms with E-state index in [1.54, 1.807) is 17.9 Å². The largest absolute Gasteiger partial charge is 0.475 e. The van der Waals surface area contributed by atoms with Crippen LogP contribution in [0, 0.1) is 0 Å². The molecule has 0 unspecified atom stereocenters. The van der Waals surface area contributed by atoms with E-state index >= 15 is 0 Å². The van der Waals surface area contributed by atoms with Crippen LogP contribution in [0.15, 0.2) is 16.5 Å². The van der Waals surface area contributed by atoms with Crippen molar-refractivity contribution in [3.8, 4) is 0 Å². The van der Waals surface area contributed by atoms with Gasteiger partial charge in [-0.25, -0.2) is 9.59 Å². The number of aromatic carboxylic acids is 1. The van der Waals surface area contributed by atoms with Gasteiger partial charge in [-0.1, -0.05) is 0 Å². The summed E-state index contributed by atoms with van der Waals surface area (Å²) in [6.45, 7) is 3.99. The lowest BCUT2D eigenvalue weighted by molar-refractivity contribution is 0.0660. The maximum atomic E-state index is 11.6. The normalized spacial score (nSPS) is 16.0. The molecule has 0 saturated carbocycles. The van der Waals surface area contributed by atoms with Gasteiger partial charge in [0, 0.05) is 19.1 Å². The van der Waals surface area contributed by atoms with E-state index in [2.05, 4.69) is 5.32 Å². The summed E-state index contributed by atoms with van der Waals surface area (Å²) < 4.78 is 10.1. The molecule has 2 heterocycles. The number of amides is 1. The molecule has 0 radical (unpaired) electrons. The van der Waals surface area contributed by atoms with Gasteiger partial charge < -0.3 is 24.5 Å². The van der Waals surface area contributed by atoms with Crippen molar-refractivity contribution in [3.63, 3.8) is 0 Å². The summed E-state index contributed by atoms with van der Waals surface area (Å²) in [5.74, 6) is -0.520. The Morgan fingerprint density at radius 1 is 1.43 bits per heavy atom. The molecule has 1 aromatic rings. The molecule has 1 amide bonds. The molecule has 0 spiro atoms. The molecule has 0 aliphatic carbocycles. The predicted octanol–water partition coefficient (Wildman–Crippen LogP) is 1.69. The Bertz CT molecular complexity index is 491. The van der Waals surface area contributed by atoms with Gasteiger partial charge in [0.1, 0.15) is 5.76 Å². The molecule has 1 aliphatic heterocycles. The zero-order valence-electron chi connectivity index (χ0n) is 12.0. The maximum Gasteiger partial charge on any atom is 0.409 e. The molecule has 0 aromatic carbocycles. The molecule has 7 nitrogen and oxygen atoms in total. The van der Waals surface area contributed by atoms with E-state index in [1.165, 1.54) is 6.07 Å². The van der Waals surface area contributed by atoms with Gasteiger partial charge in [-0.05, 0) is 31.9 Å². The van der Waals surface area contributed by atoms with E-state index in [-0.39, 0.29) is 17.9 Å². The third-order valence-corrected chi connectivity index (χ3v) is 3.46. The van der Waals surface area contributed by atoms with Crippen LogP contribution in [0.5, 0.6) is 0 Å². The zero-order chi connectivity index (χ0) is 15.2. The number of piperidine rings is 1. The van der Waals surface area contributed by atoms with Gasteiger partial charge in [0.25, 0.3) is 0 Å². The molecular formula is C14H20N2O5. The monoisotopic (exact) mass is 296 g/mol. The number of likely N-dealkylation sites (tertiary alicyclic amines) is 1. The van der Waals surface area contributed by atoms with Crippen molar-refractivity contribution < 1.29 is 23.8 Å². The number of carbonyl (C=O) groups is 2. The quantitative estimate of drug-likeness (QED) is 0.859. The molecule has 2 rings (SSSR count). The summed E-state index contributed by atoms with van der Waals surface area (Å²) in [6.07, 6.45) is 1.42. The highest BCUT2D eigenvalue weighted by molar-refractivity contribution is 5.84. The number of nitrogens with one attached hydrogen (secondary N) is 1. The van der Waals surface area contributed by atoms with Crippen molar-refractivity contribution in [1.82, 2.24) is 10.2 Å². The zero-order valence-corrected chi connectivity index (χ0v) is 12.0. The number of carboxylic acids is 1. The average Bonchev–Trinajstić information content (AvgIpc) is 2.95.